The van der Waals surface area contributed by atoms with Crippen LogP contribution in [0.4, 0.5) is 5.69 Å². The Hall–Kier alpha value is -2.43. The Labute approximate surface area is 171 Å². The van der Waals surface area contributed by atoms with Gasteiger partial charge in [0.25, 0.3) is 0 Å². The van der Waals surface area contributed by atoms with Gasteiger partial charge in [0.1, 0.15) is 0 Å². The summed E-state index contributed by atoms with van der Waals surface area (Å²) in [6.45, 7) is 5.59. The fraction of sp³-hybridized carbons (Fsp3) is 0.292. The minimum absolute atomic E-state index is 0.0488. The number of para-hydroxylation sites is 1. The number of hydrogen-bond donors (Lipinski definition) is 1. The lowest BCUT2D eigenvalue weighted by molar-refractivity contribution is -0.117. The van der Waals surface area contributed by atoms with Crippen molar-refractivity contribution < 1.29 is 4.79 Å². The zero-order chi connectivity index (χ0) is 19.5. The van der Waals surface area contributed by atoms with Gasteiger partial charge in [-0.15, -0.1) is 11.3 Å². The molecule has 4 rings (SSSR count). The molecule has 0 spiro atoms. The van der Waals surface area contributed by atoms with E-state index in [4.69, 9.17) is 0 Å². The third kappa shape index (κ3) is 3.89. The fourth-order valence-corrected chi connectivity index (χ4v) is 4.96. The average Bonchev–Trinajstić information content (AvgIpc) is 3.17. The van der Waals surface area contributed by atoms with Gasteiger partial charge < -0.3 is 5.32 Å². The first kappa shape index (κ1) is 18.9. The van der Waals surface area contributed by atoms with Crippen LogP contribution in [0.15, 0.2) is 66.0 Å². The molecule has 1 N–H and O–H groups in total. The third-order valence-electron chi connectivity index (χ3n) is 5.38. The smallest absolute Gasteiger partial charge is 0.238 e. The van der Waals surface area contributed by atoms with Gasteiger partial charge in [-0.25, -0.2) is 0 Å². The summed E-state index contributed by atoms with van der Waals surface area (Å²) >= 11 is 1.83. The highest BCUT2D eigenvalue weighted by Gasteiger charge is 2.30. The van der Waals surface area contributed by atoms with Crippen molar-refractivity contribution in [3.8, 4) is 0 Å². The van der Waals surface area contributed by atoms with Crippen molar-refractivity contribution in [1.29, 1.82) is 0 Å². The van der Waals surface area contributed by atoms with Gasteiger partial charge in [-0.1, -0.05) is 62.4 Å². The summed E-state index contributed by atoms with van der Waals surface area (Å²) in [6, 6.07) is 21.0. The van der Waals surface area contributed by atoms with Gasteiger partial charge in [0.05, 0.1) is 12.6 Å². The van der Waals surface area contributed by atoms with Crippen LogP contribution in [-0.2, 0) is 11.2 Å². The van der Waals surface area contributed by atoms with Crippen molar-refractivity contribution in [2.45, 2.75) is 32.2 Å². The predicted octanol–water partition coefficient (Wildman–Crippen LogP) is 5.46. The summed E-state index contributed by atoms with van der Waals surface area (Å²) in [4.78, 5) is 16.7. The van der Waals surface area contributed by atoms with Crippen molar-refractivity contribution in [2.75, 3.05) is 18.4 Å². The van der Waals surface area contributed by atoms with Gasteiger partial charge in [-0.2, -0.15) is 0 Å². The first-order valence-corrected chi connectivity index (χ1v) is 10.8. The van der Waals surface area contributed by atoms with E-state index >= 15 is 0 Å². The molecule has 1 aliphatic heterocycles. The Balaban J connectivity index is 1.56. The number of carbonyl (C=O) groups is 1. The van der Waals surface area contributed by atoms with Gasteiger partial charge in [0, 0.05) is 17.1 Å². The molecule has 1 aliphatic rings. The molecule has 2 aromatic carbocycles. The number of hydrogen-bond acceptors (Lipinski definition) is 3. The first-order valence-electron chi connectivity index (χ1n) is 9.87. The molecular weight excluding hydrogens is 364 g/mol. The normalized spacial score (nSPS) is 16.8. The number of benzene rings is 2. The second kappa shape index (κ2) is 8.29. The van der Waals surface area contributed by atoms with E-state index in [1.165, 1.54) is 21.6 Å². The average molecular weight is 391 g/mol. The molecule has 2 heterocycles. The molecule has 0 unspecified atom stereocenters. The van der Waals surface area contributed by atoms with Crippen molar-refractivity contribution in [2.24, 2.45) is 0 Å². The van der Waals surface area contributed by atoms with E-state index in [0.29, 0.717) is 12.5 Å². The first-order chi connectivity index (χ1) is 13.6. The third-order valence-corrected chi connectivity index (χ3v) is 6.38. The van der Waals surface area contributed by atoms with Crippen LogP contribution in [0.3, 0.4) is 0 Å². The number of thiophene rings is 1. The molecule has 0 aliphatic carbocycles. The second-order valence-corrected chi connectivity index (χ2v) is 8.62. The van der Waals surface area contributed by atoms with Crippen molar-refractivity contribution in [3.63, 3.8) is 0 Å². The summed E-state index contributed by atoms with van der Waals surface area (Å²) in [5.74, 6) is 0.421. The van der Waals surface area contributed by atoms with E-state index in [0.717, 1.165) is 18.7 Å². The summed E-state index contributed by atoms with van der Waals surface area (Å²) in [5, 5.41) is 5.32. The zero-order valence-electron chi connectivity index (χ0n) is 16.4. The molecule has 4 heteroatoms. The summed E-state index contributed by atoms with van der Waals surface area (Å²) < 4.78 is 0. The monoisotopic (exact) mass is 390 g/mol. The topological polar surface area (TPSA) is 32.3 Å². The van der Waals surface area contributed by atoms with Crippen molar-refractivity contribution in [3.05, 3.63) is 87.6 Å². The number of anilines is 1. The van der Waals surface area contributed by atoms with Gasteiger partial charge >= 0.3 is 0 Å². The number of carbonyl (C=O) groups excluding carboxylic acids is 1. The van der Waals surface area contributed by atoms with E-state index in [1.807, 2.05) is 35.6 Å². The van der Waals surface area contributed by atoms with Gasteiger partial charge in [0.2, 0.25) is 5.91 Å². The van der Waals surface area contributed by atoms with E-state index in [2.05, 4.69) is 65.8 Å². The predicted molar refractivity (Wildman–Crippen MR) is 117 cm³/mol. The van der Waals surface area contributed by atoms with Crippen LogP contribution in [0.1, 0.15) is 47.4 Å². The lowest BCUT2D eigenvalue weighted by Crippen LogP contribution is -2.40. The zero-order valence-corrected chi connectivity index (χ0v) is 17.2. The van der Waals surface area contributed by atoms with Crippen LogP contribution in [0, 0.1) is 0 Å². The maximum absolute atomic E-state index is 12.9. The van der Waals surface area contributed by atoms with E-state index in [9.17, 15) is 4.79 Å². The molecule has 28 heavy (non-hydrogen) atoms. The van der Waals surface area contributed by atoms with Gasteiger partial charge in [-0.3, -0.25) is 9.69 Å². The highest BCUT2D eigenvalue weighted by Crippen LogP contribution is 2.37. The molecule has 144 valence electrons. The lowest BCUT2D eigenvalue weighted by Gasteiger charge is -2.35. The summed E-state index contributed by atoms with van der Waals surface area (Å²) in [7, 11) is 0. The molecule has 1 amide bonds. The van der Waals surface area contributed by atoms with Crippen LogP contribution >= 0.6 is 11.3 Å². The molecule has 0 radical (unpaired) electrons. The second-order valence-electron chi connectivity index (χ2n) is 7.62. The molecule has 3 aromatic rings. The largest absolute Gasteiger partial charge is 0.325 e. The Kier molecular flexibility index (Phi) is 5.60. The van der Waals surface area contributed by atoms with E-state index in [-0.39, 0.29) is 11.9 Å². The van der Waals surface area contributed by atoms with Crippen LogP contribution in [0.25, 0.3) is 0 Å². The highest BCUT2D eigenvalue weighted by atomic mass is 32.1. The number of fused-ring (bicyclic) bond motifs is 1. The Morgan fingerprint density at radius 2 is 1.86 bits per heavy atom. The fourth-order valence-electron chi connectivity index (χ4n) is 4.05. The SMILES string of the molecule is CC(C)c1ccccc1NC(=O)CN1CCc2sccc2[C@@H]1c1ccccc1. The highest BCUT2D eigenvalue weighted by molar-refractivity contribution is 7.10. The Bertz CT molecular complexity index is 948. The number of nitrogens with zero attached hydrogens (tertiary/aromatic N) is 1. The van der Waals surface area contributed by atoms with Crippen LogP contribution in [0.5, 0.6) is 0 Å². The van der Waals surface area contributed by atoms with Crippen LogP contribution < -0.4 is 5.32 Å². The lowest BCUT2D eigenvalue weighted by atomic mass is 9.93. The molecule has 1 aromatic heterocycles. The quantitative estimate of drug-likeness (QED) is 0.627. The Morgan fingerprint density at radius 1 is 1.11 bits per heavy atom. The maximum atomic E-state index is 12.9. The number of nitrogens with one attached hydrogen (secondary N) is 1. The number of amides is 1. The summed E-state index contributed by atoms with van der Waals surface area (Å²) in [5.41, 5.74) is 4.69. The Morgan fingerprint density at radius 3 is 2.64 bits per heavy atom. The van der Waals surface area contributed by atoms with Crippen molar-refractivity contribution in [1.82, 2.24) is 4.90 Å². The molecule has 0 saturated heterocycles. The molecule has 1 atom stereocenters. The minimum atomic E-state index is 0.0488. The van der Waals surface area contributed by atoms with Gasteiger partial charge in [0.15, 0.2) is 0 Å². The molecule has 0 bridgehead atoms. The molecule has 3 nitrogen and oxygen atoms in total. The molecule has 0 fully saturated rings. The minimum Gasteiger partial charge on any atom is -0.325 e. The maximum Gasteiger partial charge on any atom is 0.238 e. The standard InChI is InChI=1S/C24H26N2OS/c1-17(2)19-10-6-7-11-21(19)25-23(27)16-26-14-12-22-20(13-15-28-22)24(26)18-8-4-3-5-9-18/h3-11,13,15,17,24H,12,14,16H2,1-2H3,(H,25,27)/t24-/m0/s1. The van der Waals surface area contributed by atoms with Crippen molar-refractivity contribution >= 4 is 22.9 Å². The molecule has 0 saturated carbocycles. The molecular formula is C24H26N2OS. The van der Waals surface area contributed by atoms with Gasteiger partial charge in [-0.05, 0) is 46.5 Å². The summed E-state index contributed by atoms with van der Waals surface area (Å²) in [6.07, 6.45) is 1.01. The van der Waals surface area contributed by atoms with Crippen LogP contribution in [-0.4, -0.2) is 23.9 Å². The van der Waals surface area contributed by atoms with Crippen LogP contribution in [0.2, 0.25) is 0 Å². The number of rotatable bonds is 5. The van der Waals surface area contributed by atoms with E-state index in [1.54, 1.807) is 0 Å². The van der Waals surface area contributed by atoms with E-state index < -0.39 is 0 Å².